The number of rotatable bonds is 6. The quantitative estimate of drug-likeness (QED) is 0.714. The summed E-state index contributed by atoms with van der Waals surface area (Å²) in [4.78, 5) is 18.1. The van der Waals surface area contributed by atoms with E-state index < -0.39 is 11.6 Å². The van der Waals surface area contributed by atoms with Crippen molar-refractivity contribution in [1.82, 2.24) is 9.80 Å². The number of carbonyl (C=O) groups is 1. The van der Waals surface area contributed by atoms with E-state index in [1.807, 2.05) is 50.5 Å². The Morgan fingerprint density at radius 3 is 2.00 bits per heavy atom. The summed E-state index contributed by atoms with van der Waals surface area (Å²) in [5, 5.41) is 11.7. The number of hydrogen-bond donors (Lipinski definition) is 1. The average Bonchev–Trinajstić information content (AvgIpc) is 2.76. The number of nitrogens with zero attached hydrogens (tertiary/aromatic N) is 2. The van der Waals surface area contributed by atoms with Gasteiger partial charge < -0.3 is 14.7 Å². The predicted octanol–water partition coefficient (Wildman–Crippen LogP) is 2.91. The number of esters is 1. The first-order valence-corrected chi connectivity index (χ1v) is 10.4. The van der Waals surface area contributed by atoms with Gasteiger partial charge in [-0.2, -0.15) is 0 Å². The van der Waals surface area contributed by atoms with Gasteiger partial charge in [0, 0.05) is 6.54 Å². The zero-order chi connectivity index (χ0) is 20.4. The number of ether oxygens (including phenoxy) is 1. The number of carbonyl (C=O) groups excluding carboxylic acids is 1. The number of fused-ring (bicyclic) bond motifs is 3. The first kappa shape index (κ1) is 22.8. The SMILES string of the molecule is CN(C)CC1C(OC(=O)C(O)(c2ccccc2)c2ccccc2)C2CCN1CC2.Cl. The monoisotopic (exact) mass is 430 g/mol. The van der Waals surface area contributed by atoms with Gasteiger partial charge in [0.15, 0.2) is 0 Å². The molecule has 30 heavy (non-hydrogen) atoms. The van der Waals surface area contributed by atoms with Crippen LogP contribution in [0.3, 0.4) is 0 Å². The van der Waals surface area contributed by atoms with Gasteiger partial charge >= 0.3 is 5.97 Å². The second-order valence-corrected chi connectivity index (χ2v) is 8.52. The summed E-state index contributed by atoms with van der Waals surface area (Å²) in [5.74, 6) is -0.234. The second-order valence-electron chi connectivity index (χ2n) is 8.52. The van der Waals surface area contributed by atoms with Crippen molar-refractivity contribution in [3.63, 3.8) is 0 Å². The summed E-state index contributed by atoms with van der Waals surface area (Å²) in [7, 11) is 4.10. The largest absolute Gasteiger partial charge is 0.458 e. The molecule has 3 saturated heterocycles. The molecule has 2 aromatic rings. The van der Waals surface area contributed by atoms with Gasteiger partial charge in [0.2, 0.25) is 5.60 Å². The number of likely N-dealkylation sites (N-methyl/N-ethyl adjacent to an activating group) is 1. The van der Waals surface area contributed by atoms with Crippen molar-refractivity contribution in [3.05, 3.63) is 71.8 Å². The fourth-order valence-corrected chi connectivity index (χ4v) is 4.84. The molecule has 2 bridgehead atoms. The van der Waals surface area contributed by atoms with E-state index in [9.17, 15) is 9.90 Å². The number of halogens is 1. The molecule has 5 nitrogen and oxygen atoms in total. The predicted molar refractivity (Wildman–Crippen MR) is 120 cm³/mol. The van der Waals surface area contributed by atoms with Crippen molar-refractivity contribution in [2.45, 2.75) is 30.6 Å². The summed E-state index contributed by atoms with van der Waals surface area (Å²) in [6.45, 7) is 2.95. The topological polar surface area (TPSA) is 53.0 Å². The van der Waals surface area contributed by atoms with Crippen LogP contribution < -0.4 is 0 Å². The van der Waals surface area contributed by atoms with E-state index in [0.29, 0.717) is 17.0 Å². The third-order valence-electron chi connectivity index (χ3n) is 6.36. The van der Waals surface area contributed by atoms with Crippen LogP contribution in [0.1, 0.15) is 24.0 Å². The molecule has 0 saturated carbocycles. The third-order valence-corrected chi connectivity index (χ3v) is 6.36. The Morgan fingerprint density at radius 1 is 1.03 bits per heavy atom. The summed E-state index contributed by atoms with van der Waals surface area (Å²) in [6.07, 6.45) is 1.87. The zero-order valence-corrected chi connectivity index (χ0v) is 18.4. The highest BCUT2D eigenvalue weighted by Crippen LogP contribution is 2.38. The molecule has 3 aliphatic rings. The molecule has 1 N–H and O–H groups in total. The van der Waals surface area contributed by atoms with Crippen LogP contribution in [0, 0.1) is 5.92 Å². The van der Waals surface area contributed by atoms with Gasteiger partial charge in [-0.05, 0) is 57.1 Å². The summed E-state index contributed by atoms with van der Waals surface area (Å²) in [6, 6.07) is 18.4. The molecule has 3 heterocycles. The minimum atomic E-state index is -1.82. The Balaban J connectivity index is 0.00000256. The van der Waals surface area contributed by atoms with Crippen molar-refractivity contribution in [2.24, 2.45) is 5.92 Å². The van der Waals surface area contributed by atoms with Gasteiger partial charge in [0.25, 0.3) is 0 Å². The lowest BCUT2D eigenvalue weighted by Crippen LogP contribution is -2.62. The van der Waals surface area contributed by atoms with Gasteiger partial charge in [0.05, 0.1) is 6.04 Å². The minimum Gasteiger partial charge on any atom is -0.458 e. The molecule has 162 valence electrons. The summed E-state index contributed by atoms with van der Waals surface area (Å²) in [5.41, 5.74) is -0.764. The lowest BCUT2D eigenvalue weighted by Gasteiger charge is -2.51. The van der Waals surface area contributed by atoms with Crippen LogP contribution in [0.25, 0.3) is 0 Å². The van der Waals surface area contributed by atoms with E-state index in [0.717, 1.165) is 32.5 Å². The van der Waals surface area contributed by atoms with Crippen molar-refractivity contribution < 1.29 is 14.6 Å². The molecule has 0 aromatic heterocycles. The van der Waals surface area contributed by atoms with E-state index in [4.69, 9.17) is 4.74 Å². The maximum Gasteiger partial charge on any atom is 0.348 e. The van der Waals surface area contributed by atoms with Crippen molar-refractivity contribution in [3.8, 4) is 0 Å². The van der Waals surface area contributed by atoms with Gasteiger partial charge in [-0.3, -0.25) is 4.90 Å². The Labute approximate surface area is 185 Å². The van der Waals surface area contributed by atoms with Gasteiger partial charge in [0.1, 0.15) is 6.10 Å². The molecular weight excluding hydrogens is 400 g/mol. The van der Waals surface area contributed by atoms with Gasteiger partial charge in [-0.25, -0.2) is 4.79 Å². The fourth-order valence-electron chi connectivity index (χ4n) is 4.84. The molecule has 0 amide bonds. The van der Waals surface area contributed by atoms with Crippen LogP contribution in [0.5, 0.6) is 0 Å². The van der Waals surface area contributed by atoms with E-state index >= 15 is 0 Å². The summed E-state index contributed by atoms with van der Waals surface area (Å²) < 4.78 is 6.16. The number of hydrogen-bond acceptors (Lipinski definition) is 5. The number of aliphatic hydroxyl groups is 1. The average molecular weight is 431 g/mol. The molecule has 5 rings (SSSR count). The highest BCUT2D eigenvalue weighted by molar-refractivity contribution is 5.86. The van der Waals surface area contributed by atoms with Crippen LogP contribution in [0.4, 0.5) is 0 Å². The molecule has 3 fully saturated rings. The van der Waals surface area contributed by atoms with Crippen LogP contribution in [-0.4, -0.2) is 66.8 Å². The highest BCUT2D eigenvalue weighted by Gasteiger charge is 2.48. The summed E-state index contributed by atoms with van der Waals surface area (Å²) >= 11 is 0. The Morgan fingerprint density at radius 2 is 1.53 bits per heavy atom. The molecule has 0 spiro atoms. The molecule has 2 atom stereocenters. The molecule has 0 radical (unpaired) electrons. The maximum atomic E-state index is 13.5. The van der Waals surface area contributed by atoms with Crippen LogP contribution in [0.2, 0.25) is 0 Å². The molecule has 2 aromatic carbocycles. The molecule has 2 unspecified atom stereocenters. The number of piperidine rings is 3. The Kier molecular flexibility index (Phi) is 7.19. The lowest BCUT2D eigenvalue weighted by molar-refractivity contribution is -0.184. The first-order chi connectivity index (χ1) is 14.0. The van der Waals surface area contributed by atoms with Crippen molar-refractivity contribution >= 4 is 18.4 Å². The molecule has 6 heteroatoms. The normalized spacial score (nSPS) is 25.6. The van der Waals surface area contributed by atoms with Crippen LogP contribution >= 0.6 is 12.4 Å². The number of benzene rings is 2. The molecule has 0 aliphatic carbocycles. The highest BCUT2D eigenvalue weighted by atomic mass is 35.5. The maximum absolute atomic E-state index is 13.5. The Bertz CT molecular complexity index is 783. The van der Waals surface area contributed by atoms with E-state index in [1.165, 1.54) is 0 Å². The van der Waals surface area contributed by atoms with Crippen molar-refractivity contribution in [2.75, 3.05) is 33.7 Å². The van der Waals surface area contributed by atoms with E-state index in [-0.39, 0.29) is 24.6 Å². The molecular formula is C24H31ClN2O3. The fraction of sp³-hybridized carbons (Fsp3) is 0.458. The lowest BCUT2D eigenvalue weighted by atomic mass is 9.79. The standard InChI is InChI=1S/C24H30N2O3.ClH/c1-25(2)17-21-22(18-13-15-26(21)16-14-18)29-23(27)24(28,19-9-5-3-6-10-19)20-11-7-4-8-12-20;/h3-12,18,21-22,28H,13-17H2,1-2H3;1H. The first-order valence-electron chi connectivity index (χ1n) is 10.4. The Hall–Kier alpha value is -1.92. The van der Waals surface area contributed by atoms with Crippen LogP contribution in [0.15, 0.2) is 60.7 Å². The molecule has 3 aliphatic heterocycles. The van der Waals surface area contributed by atoms with E-state index in [1.54, 1.807) is 24.3 Å². The second kappa shape index (κ2) is 9.48. The van der Waals surface area contributed by atoms with Crippen LogP contribution in [-0.2, 0) is 15.1 Å². The van der Waals surface area contributed by atoms with Gasteiger partial charge in [-0.15, -0.1) is 12.4 Å². The van der Waals surface area contributed by atoms with E-state index in [2.05, 4.69) is 9.80 Å². The smallest absolute Gasteiger partial charge is 0.348 e. The zero-order valence-electron chi connectivity index (χ0n) is 17.6. The van der Waals surface area contributed by atoms with Crippen molar-refractivity contribution in [1.29, 1.82) is 0 Å². The minimum absolute atomic E-state index is 0. The van der Waals surface area contributed by atoms with Gasteiger partial charge in [-0.1, -0.05) is 60.7 Å². The third kappa shape index (κ3) is 4.26.